The molecule has 2 aromatic carbocycles. The van der Waals surface area contributed by atoms with Gasteiger partial charge in [0.2, 0.25) is 5.91 Å². The number of carbonyl (C=O) groups is 1. The van der Waals surface area contributed by atoms with Crippen molar-refractivity contribution in [3.8, 4) is 0 Å². The van der Waals surface area contributed by atoms with E-state index in [2.05, 4.69) is 43.4 Å². The molecule has 2 aromatic rings. The maximum Gasteiger partial charge on any atom is 0.234 e. The molecular formula is C19H23NOS. The Morgan fingerprint density at radius 2 is 1.82 bits per heavy atom. The van der Waals surface area contributed by atoms with Crippen LogP contribution in [0.5, 0.6) is 0 Å². The number of thioether (sulfide) groups is 1. The molecule has 0 aromatic heterocycles. The molecule has 0 aliphatic rings. The summed E-state index contributed by atoms with van der Waals surface area (Å²) < 4.78 is 0. The Morgan fingerprint density at radius 3 is 2.55 bits per heavy atom. The minimum Gasteiger partial charge on any atom is -0.325 e. The van der Waals surface area contributed by atoms with E-state index in [0.717, 1.165) is 24.3 Å². The Morgan fingerprint density at radius 1 is 1.05 bits per heavy atom. The number of aryl methyl sites for hydroxylation is 3. The van der Waals surface area contributed by atoms with E-state index < -0.39 is 0 Å². The number of hydrogen-bond acceptors (Lipinski definition) is 2. The lowest BCUT2D eigenvalue weighted by atomic mass is 10.1. The van der Waals surface area contributed by atoms with Crippen LogP contribution in [0.15, 0.2) is 48.5 Å². The van der Waals surface area contributed by atoms with Gasteiger partial charge in [-0.25, -0.2) is 0 Å². The summed E-state index contributed by atoms with van der Waals surface area (Å²) in [5.74, 6) is 1.60. The lowest BCUT2D eigenvalue weighted by molar-refractivity contribution is -0.113. The Kier molecular flexibility index (Phi) is 6.53. The molecule has 0 unspecified atom stereocenters. The van der Waals surface area contributed by atoms with E-state index in [9.17, 15) is 4.79 Å². The largest absolute Gasteiger partial charge is 0.325 e. The van der Waals surface area contributed by atoms with E-state index in [1.165, 1.54) is 16.7 Å². The van der Waals surface area contributed by atoms with Gasteiger partial charge in [0.05, 0.1) is 5.75 Å². The molecule has 0 heterocycles. The van der Waals surface area contributed by atoms with Crippen LogP contribution in [0.1, 0.15) is 23.1 Å². The predicted octanol–water partition coefficient (Wildman–Crippen LogP) is 4.61. The number of anilines is 1. The quantitative estimate of drug-likeness (QED) is 0.756. The summed E-state index contributed by atoms with van der Waals surface area (Å²) >= 11 is 1.70. The van der Waals surface area contributed by atoms with Crippen LogP contribution < -0.4 is 5.32 Å². The van der Waals surface area contributed by atoms with Crippen molar-refractivity contribution in [2.75, 3.05) is 16.8 Å². The summed E-state index contributed by atoms with van der Waals surface area (Å²) in [5, 5.41) is 2.96. The van der Waals surface area contributed by atoms with Gasteiger partial charge in [-0.1, -0.05) is 36.4 Å². The van der Waals surface area contributed by atoms with Crippen LogP contribution in [-0.2, 0) is 11.2 Å². The van der Waals surface area contributed by atoms with Gasteiger partial charge in [0, 0.05) is 5.69 Å². The van der Waals surface area contributed by atoms with Crippen molar-refractivity contribution in [2.24, 2.45) is 0 Å². The van der Waals surface area contributed by atoms with E-state index in [1.807, 2.05) is 24.3 Å². The normalized spacial score (nSPS) is 10.5. The van der Waals surface area contributed by atoms with Crippen LogP contribution in [0.25, 0.3) is 0 Å². The van der Waals surface area contributed by atoms with E-state index in [4.69, 9.17) is 0 Å². The molecule has 116 valence electrons. The molecule has 0 aliphatic carbocycles. The molecule has 22 heavy (non-hydrogen) atoms. The maximum atomic E-state index is 11.9. The van der Waals surface area contributed by atoms with Gasteiger partial charge in [0.15, 0.2) is 0 Å². The number of carbonyl (C=O) groups excluding carboxylic acids is 1. The van der Waals surface area contributed by atoms with Crippen LogP contribution in [-0.4, -0.2) is 17.4 Å². The minimum absolute atomic E-state index is 0.0768. The predicted molar refractivity (Wildman–Crippen MR) is 96.6 cm³/mol. The molecule has 1 N–H and O–H groups in total. The van der Waals surface area contributed by atoms with Crippen molar-refractivity contribution in [3.05, 3.63) is 65.2 Å². The lowest BCUT2D eigenvalue weighted by Gasteiger charge is -2.07. The van der Waals surface area contributed by atoms with Crippen LogP contribution in [0.4, 0.5) is 5.69 Å². The van der Waals surface area contributed by atoms with Gasteiger partial charge in [-0.05, 0) is 61.3 Å². The van der Waals surface area contributed by atoms with Gasteiger partial charge < -0.3 is 5.32 Å². The molecule has 0 saturated carbocycles. The third kappa shape index (κ3) is 5.57. The summed E-state index contributed by atoms with van der Waals surface area (Å²) in [6, 6.07) is 16.5. The number of rotatable bonds is 7. The number of hydrogen-bond donors (Lipinski definition) is 1. The second kappa shape index (κ2) is 8.64. The number of amides is 1. The highest BCUT2D eigenvalue weighted by atomic mass is 32.2. The lowest BCUT2D eigenvalue weighted by Crippen LogP contribution is -2.14. The van der Waals surface area contributed by atoms with Crippen molar-refractivity contribution in [1.29, 1.82) is 0 Å². The molecule has 0 aliphatic heterocycles. The second-order valence-electron chi connectivity index (χ2n) is 5.49. The third-order valence-corrected chi connectivity index (χ3v) is 4.66. The fourth-order valence-corrected chi connectivity index (χ4v) is 2.95. The summed E-state index contributed by atoms with van der Waals surface area (Å²) in [6.45, 7) is 4.13. The molecule has 0 atom stereocenters. The molecule has 0 bridgehead atoms. The molecule has 2 rings (SSSR count). The molecule has 2 nitrogen and oxygen atoms in total. The highest BCUT2D eigenvalue weighted by Gasteiger charge is 2.03. The molecule has 1 amide bonds. The molecule has 0 spiro atoms. The van der Waals surface area contributed by atoms with Gasteiger partial charge in [0.25, 0.3) is 0 Å². The summed E-state index contributed by atoms with van der Waals surface area (Å²) in [4.78, 5) is 11.9. The highest BCUT2D eigenvalue weighted by molar-refractivity contribution is 7.99. The van der Waals surface area contributed by atoms with Crippen molar-refractivity contribution < 1.29 is 4.79 Å². The molecule has 0 fully saturated rings. The smallest absolute Gasteiger partial charge is 0.234 e. The zero-order valence-electron chi connectivity index (χ0n) is 13.3. The van der Waals surface area contributed by atoms with Gasteiger partial charge >= 0.3 is 0 Å². The fourth-order valence-electron chi connectivity index (χ4n) is 2.20. The monoisotopic (exact) mass is 313 g/mol. The van der Waals surface area contributed by atoms with Gasteiger partial charge in [-0.3, -0.25) is 4.79 Å². The average Bonchev–Trinajstić information content (AvgIpc) is 2.52. The molecule has 0 radical (unpaired) electrons. The van der Waals surface area contributed by atoms with Crippen LogP contribution in [0.2, 0.25) is 0 Å². The van der Waals surface area contributed by atoms with Crippen LogP contribution in [0, 0.1) is 13.8 Å². The van der Waals surface area contributed by atoms with Crippen molar-refractivity contribution in [1.82, 2.24) is 0 Å². The van der Waals surface area contributed by atoms with E-state index in [1.54, 1.807) is 11.8 Å². The Bertz CT molecular complexity index is 610. The minimum atomic E-state index is 0.0768. The molecular weight excluding hydrogens is 290 g/mol. The van der Waals surface area contributed by atoms with Crippen molar-refractivity contribution in [3.63, 3.8) is 0 Å². The average molecular weight is 313 g/mol. The topological polar surface area (TPSA) is 29.1 Å². The summed E-state index contributed by atoms with van der Waals surface area (Å²) in [6.07, 6.45) is 2.18. The first-order valence-corrected chi connectivity index (χ1v) is 8.79. The van der Waals surface area contributed by atoms with Gasteiger partial charge in [-0.2, -0.15) is 11.8 Å². The zero-order valence-corrected chi connectivity index (χ0v) is 14.1. The highest BCUT2D eigenvalue weighted by Crippen LogP contribution is 2.15. The first-order chi connectivity index (χ1) is 10.6. The Balaban J connectivity index is 1.64. The van der Waals surface area contributed by atoms with Crippen LogP contribution in [0.3, 0.4) is 0 Å². The van der Waals surface area contributed by atoms with E-state index >= 15 is 0 Å². The van der Waals surface area contributed by atoms with Gasteiger partial charge in [0.1, 0.15) is 0 Å². The van der Waals surface area contributed by atoms with E-state index in [0.29, 0.717) is 5.75 Å². The molecule has 0 saturated heterocycles. The number of benzene rings is 2. The van der Waals surface area contributed by atoms with Crippen molar-refractivity contribution >= 4 is 23.4 Å². The molecule has 3 heteroatoms. The standard InChI is InChI=1S/C19H23NOS/c1-15-10-11-18(13-16(15)2)20-19(21)14-22-12-6-9-17-7-4-3-5-8-17/h3-5,7-8,10-11,13H,6,9,12,14H2,1-2H3,(H,20,21). The maximum absolute atomic E-state index is 11.9. The summed E-state index contributed by atoms with van der Waals surface area (Å²) in [5.41, 5.74) is 4.70. The SMILES string of the molecule is Cc1ccc(NC(=O)CSCCCc2ccccc2)cc1C. The van der Waals surface area contributed by atoms with E-state index in [-0.39, 0.29) is 5.91 Å². The summed E-state index contributed by atoms with van der Waals surface area (Å²) in [7, 11) is 0. The fraction of sp³-hybridized carbons (Fsp3) is 0.316. The van der Waals surface area contributed by atoms with Crippen molar-refractivity contribution in [2.45, 2.75) is 26.7 Å². The first-order valence-electron chi connectivity index (χ1n) is 7.64. The Hall–Kier alpha value is -1.74. The van der Waals surface area contributed by atoms with Crippen LogP contribution >= 0.6 is 11.8 Å². The third-order valence-electron chi connectivity index (χ3n) is 3.62. The van der Waals surface area contributed by atoms with Gasteiger partial charge in [-0.15, -0.1) is 0 Å². The first kappa shape index (κ1) is 16.6. The Labute approximate surface area is 137 Å². The zero-order chi connectivity index (χ0) is 15.8. The number of nitrogens with one attached hydrogen (secondary N) is 1. The second-order valence-corrected chi connectivity index (χ2v) is 6.59.